The Hall–Kier alpha value is -2.66. The van der Waals surface area contributed by atoms with Crippen LogP contribution < -0.4 is 5.43 Å². The van der Waals surface area contributed by atoms with Crippen molar-refractivity contribution in [2.45, 2.75) is 4.90 Å². The highest BCUT2D eigenvalue weighted by Gasteiger charge is 2.10. The zero-order valence-electron chi connectivity index (χ0n) is 11.5. The van der Waals surface area contributed by atoms with Crippen LogP contribution in [0.2, 0.25) is 0 Å². The smallest absolute Gasteiger partial charge is 0.199 e. The van der Waals surface area contributed by atoms with Crippen molar-refractivity contribution < 1.29 is 12.8 Å². The van der Waals surface area contributed by atoms with Gasteiger partial charge in [0.15, 0.2) is 15.3 Å². The number of hydrogen-bond acceptors (Lipinski definition) is 4. The van der Waals surface area contributed by atoms with Gasteiger partial charge in [-0.05, 0) is 30.3 Å². The highest BCUT2D eigenvalue weighted by Crippen LogP contribution is 2.14. The topological polar surface area (TPSA) is 64.3 Å². The third-order valence-electron chi connectivity index (χ3n) is 3.21. The van der Waals surface area contributed by atoms with E-state index in [0.29, 0.717) is 11.0 Å². The Morgan fingerprint density at radius 1 is 0.909 bits per heavy atom. The first-order valence-corrected chi connectivity index (χ1v) is 8.11. The number of sulfone groups is 1. The second-order valence-corrected chi connectivity index (χ2v) is 6.51. The molecule has 0 spiro atoms. The number of benzene rings is 2. The number of fused-ring (bicyclic) bond motifs is 1. The Morgan fingerprint density at radius 2 is 1.59 bits per heavy atom. The summed E-state index contributed by atoms with van der Waals surface area (Å²) < 4.78 is 29.7. The predicted molar refractivity (Wildman–Crippen MR) is 85.1 cm³/mol. The molecular formula is C17H12O4S. The summed E-state index contributed by atoms with van der Waals surface area (Å²) in [6, 6.07) is 14.9. The van der Waals surface area contributed by atoms with Crippen LogP contribution >= 0.6 is 0 Å². The molecule has 3 aromatic rings. The molecule has 0 atom stereocenters. The van der Waals surface area contributed by atoms with Crippen molar-refractivity contribution in [2.75, 3.05) is 0 Å². The van der Waals surface area contributed by atoms with Crippen LogP contribution in [0.1, 0.15) is 5.56 Å². The van der Waals surface area contributed by atoms with Gasteiger partial charge in [-0.1, -0.05) is 30.3 Å². The van der Waals surface area contributed by atoms with Crippen molar-refractivity contribution in [3.05, 3.63) is 82.1 Å². The molecule has 1 aromatic heterocycles. The predicted octanol–water partition coefficient (Wildman–Crippen LogP) is 3.24. The van der Waals surface area contributed by atoms with E-state index >= 15 is 0 Å². The molecule has 0 aliphatic rings. The molecule has 3 rings (SSSR count). The number of para-hydroxylation sites is 1. The van der Waals surface area contributed by atoms with E-state index in [2.05, 4.69) is 0 Å². The molecular weight excluding hydrogens is 300 g/mol. The van der Waals surface area contributed by atoms with Crippen molar-refractivity contribution >= 4 is 26.9 Å². The van der Waals surface area contributed by atoms with Gasteiger partial charge in [-0.25, -0.2) is 8.42 Å². The first kappa shape index (κ1) is 14.3. The molecule has 2 aromatic carbocycles. The van der Waals surface area contributed by atoms with Crippen LogP contribution in [-0.4, -0.2) is 8.42 Å². The van der Waals surface area contributed by atoms with Gasteiger partial charge in [0.25, 0.3) is 0 Å². The standard InChI is InChI=1S/C17H12O4S/c18-17-13(12-21-16-9-5-4-8-15(16)17)10-11-22(19,20)14-6-2-1-3-7-14/h1-12H/b11-10+. The van der Waals surface area contributed by atoms with Gasteiger partial charge in [-0.2, -0.15) is 0 Å². The van der Waals surface area contributed by atoms with Gasteiger partial charge < -0.3 is 4.42 Å². The summed E-state index contributed by atoms with van der Waals surface area (Å²) >= 11 is 0. The Balaban J connectivity index is 2.03. The van der Waals surface area contributed by atoms with E-state index in [4.69, 9.17) is 4.42 Å². The van der Waals surface area contributed by atoms with Gasteiger partial charge >= 0.3 is 0 Å². The molecule has 0 saturated carbocycles. The minimum absolute atomic E-state index is 0.177. The van der Waals surface area contributed by atoms with Crippen molar-refractivity contribution in [1.82, 2.24) is 0 Å². The maximum Gasteiger partial charge on any atom is 0.199 e. The first-order valence-electron chi connectivity index (χ1n) is 6.57. The van der Waals surface area contributed by atoms with Gasteiger partial charge in [0.05, 0.1) is 15.8 Å². The zero-order chi connectivity index (χ0) is 15.6. The summed E-state index contributed by atoms with van der Waals surface area (Å²) in [5.74, 6) is 0. The molecule has 4 nitrogen and oxygen atoms in total. The van der Waals surface area contributed by atoms with E-state index in [1.165, 1.54) is 24.5 Å². The van der Waals surface area contributed by atoms with Crippen LogP contribution in [-0.2, 0) is 9.84 Å². The quantitative estimate of drug-likeness (QED) is 0.745. The Morgan fingerprint density at radius 3 is 2.36 bits per heavy atom. The minimum atomic E-state index is -3.59. The van der Waals surface area contributed by atoms with E-state index in [0.717, 1.165) is 5.41 Å². The van der Waals surface area contributed by atoms with E-state index in [1.807, 2.05) is 0 Å². The summed E-state index contributed by atoms with van der Waals surface area (Å²) in [5.41, 5.74) is 0.398. The van der Waals surface area contributed by atoms with Crippen LogP contribution in [0.15, 0.2) is 80.4 Å². The lowest BCUT2D eigenvalue weighted by Crippen LogP contribution is -2.05. The third kappa shape index (κ3) is 2.71. The third-order valence-corrected chi connectivity index (χ3v) is 4.63. The number of rotatable bonds is 3. The number of hydrogen-bond donors (Lipinski definition) is 0. The minimum Gasteiger partial charge on any atom is -0.463 e. The van der Waals surface area contributed by atoms with E-state index < -0.39 is 9.84 Å². The Bertz CT molecular complexity index is 1000. The fourth-order valence-electron chi connectivity index (χ4n) is 2.06. The molecule has 0 fully saturated rings. The van der Waals surface area contributed by atoms with Crippen molar-refractivity contribution in [3.63, 3.8) is 0 Å². The van der Waals surface area contributed by atoms with Crippen molar-refractivity contribution in [3.8, 4) is 0 Å². The normalized spacial score (nSPS) is 12.0. The lowest BCUT2D eigenvalue weighted by Gasteiger charge is -1.99. The highest BCUT2D eigenvalue weighted by atomic mass is 32.2. The molecule has 0 N–H and O–H groups in total. The monoisotopic (exact) mass is 312 g/mol. The van der Waals surface area contributed by atoms with Crippen LogP contribution in [0.4, 0.5) is 0 Å². The SMILES string of the molecule is O=c1c(/C=C/S(=O)(=O)c2ccccc2)coc2ccccc12. The van der Waals surface area contributed by atoms with Gasteiger partial charge in [0.2, 0.25) is 0 Å². The Labute approximate surface area is 127 Å². The molecule has 110 valence electrons. The van der Waals surface area contributed by atoms with Gasteiger partial charge in [0, 0.05) is 5.41 Å². The fraction of sp³-hybridized carbons (Fsp3) is 0. The summed E-state index contributed by atoms with van der Waals surface area (Å²) in [5, 5.41) is 1.44. The maximum absolute atomic E-state index is 12.3. The molecule has 0 saturated heterocycles. The molecule has 0 radical (unpaired) electrons. The largest absolute Gasteiger partial charge is 0.463 e. The van der Waals surface area contributed by atoms with E-state index in [1.54, 1.807) is 42.5 Å². The Kier molecular flexibility index (Phi) is 3.65. The van der Waals surface area contributed by atoms with Gasteiger partial charge in [-0.15, -0.1) is 0 Å². The molecule has 5 heteroatoms. The maximum atomic E-state index is 12.3. The van der Waals surface area contributed by atoms with Crippen LogP contribution in [0, 0.1) is 0 Å². The molecule has 22 heavy (non-hydrogen) atoms. The van der Waals surface area contributed by atoms with Gasteiger partial charge in [-0.3, -0.25) is 4.79 Å². The van der Waals surface area contributed by atoms with Crippen molar-refractivity contribution in [1.29, 1.82) is 0 Å². The molecule has 0 aliphatic carbocycles. The summed E-state index contributed by atoms with van der Waals surface area (Å²) in [7, 11) is -3.59. The van der Waals surface area contributed by atoms with Crippen LogP contribution in [0.5, 0.6) is 0 Å². The molecule has 0 amide bonds. The summed E-state index contributed by atoms with van der Waals surface area (Å²) in [4.78, 5) is 12.5. The first-order chi connectivity index (χ1) is 10.6. The van der Waals surface area contributed by atoms with E-state index in [9.17, 15) is 13.2 Å². The second kappa shape index (κ2) is 5.61. The lowest BCUT2D eigenvalue weighted by atomic mass is 10.2. The molecule has 1 heterocycles. The zero-order valence-corrected chi connectivity index (χ0v) is 12.3. The fourth-order valence-corrected chi connectivity index (χ4v) is 3.08. The second-order valence-electron chi connectivity index (χ2n) is 4.68. The summed E-state index contributed by atoms with van der Waals surface area (Å²) in [6.45, 7) is 0. The highest BCUT2D eigenvalue weighted by molar-refractivity contribution is 7.94. The van der Waals surface area contributed by atoms with Crippen LogP contribution in [0.3, 0.4) is 0 Å². The van der Waals surface area contributed by atoms with Gasteiger partial charge in [0.1, 0.15) is 11.8 Å². The van der Waals surface area contributed by atoms with Crippen molar-refractivity contribution in [2.24, 2.45) is 0 Å². The lowest BCUT2D eigenvalue weighted by molar-refractivity contribution is 0.601. The van der Waals surface area contributed by atoms with E-state index in [-0.39, 0.29) is 15.9 Å². The molecule has 0 unspecified atom stereocenters. The summed E-state index contributed by atoms with van der Waals surface area (Å²) in [6.07, 6.45) is 2.53. The molecule has 0 aliphatic heterocycles. The average Bonchev–Trinajstić information content (AvgIpc) is 2.55. The average molecular weight is 312 g/mol. The molecule has 0 bridgehead atoms. The van der Waals surface area contributed by atoms with Crippen LogP contribution in [0.25, 0.3) is 17.0 Å².